The summed E-state index contributed by atoms with van der Waals surface area (Å²) in [5, 5.41) is 1.76. The lowest BCUT2D eigenvalue weighted by atomic mass is 10.1. The van der Waals surface area contributed by atoms with E-state index in [0.29, 0.717) is 0 Å². The molecule has 2 rings (SSSR count). The van der Waals surface area contributed by atoms with E-state index < -0.39 is 0 Å². The van der Waals surface area contributed by atoms with Gasteiger partial charge in [-0.3, -0.25) is 0 Å². The van der Waals surface area contributed by atoms with Crippen molar-refractivity contribution in [3.63, 3.8) is 0 Å². The van der Waals surface area contributed by atoms with Crippen molar-refractivity contribution in [2.24, 2.45) is 0 Å². The summed E-state index contributed by atoms with van der Waals surface area (Å²) < 4.78 is 0. The molecule has 17 heavy (non-hydrogen) atoms. The van der Waals surface area contributed by atoms with Gasteiger partial charge < -0.3 is 0 Å². The topological polar surface area (TPSA) is 0 Å². The van der Waals surface area contributed by atoms with Crippen molar-refractivity contribution in [2.75, 3.05) is 0 Å². The first-order chi connectivity index (χ1) is 8.38. The average molecular weight is 238 g/mol. The first-order valence-corrected chi connectivity index (χ1v) is 6.11. The van der Waals surface area contributed by atoms with Gasteiger partial charge in [0.1, 0.15) is 0 Å². The van der Waals surface area contributed by atoms with E-state index in [1.807, 2.05) is 18.2 Å². The van der Waals surface area contributed by atoms with E-state index in [1.54, 1.807) is 5.37 Å². The van der Waals surface area contributed by atoms with Crippen LogP contribution in [0.1, 0.15) is 16.7 Å². The van der Waals surface area contributed by atoms with Crippen LogP contribution in [0.2, 0.25) is 0 Å². The molecule has 2 aromatic rings. The van der Waals surface area contributed by atoms with Crippen LogP contribution in [-0.2, 0) is 6.42 Å². The summed E-state index contributed by atoms with van der Waals surface area (Å²) in [5.41, 5.74) is 3.69. The van der Waals surface area contributed by atoms with Crippen molar-refractivity contribution in [3.05, 3.63) is 71.3 Å². The van der Waals surface area contributed by atoms with Crippen molar-refractivity contribution < 1.29 is 0 Å². The third kappa shape index (κ3) is 3.65. The van der Waals surface area contributed by atoms with Gasteiger partial charge in [-0.2, -0.15) is 0 Å². The summed E-state index contributed by atoms with van der Waals surface area (Å²) in [6, 6.07) is 18.8. The Hall–Kier alpha value is -1.73. The van der Waals surface area contributed by atoms with Crippen LogP contribution in [0.4, 0.5) is 0 Å². The molecule has 0 fully saturated rings. The third-order valence-corrected chi connectivity index (χ3v) is 2.73. The SMILES string of the molecule is S=CCc1ccc(/C=C/c2ccccc2)cc1. The Kier molecular flexibility index (Phi) is 4.23. The van der Waals surface area contributed by atoms with Gasteiger partial charge in [0.05, 0.1) is 0 Å². The minimum atomic E-state index is 0.859. The van der Waals surface area contributed by atoms with Gasteiger partial charge >= 0.3 is 0 Å². The highest BCUT2D eigenvalue weighted by molar-refractivity contribution is 7.78. The second kappa shape index (κ2) is 6.12. The third-order valence-electron chi connectivity index (χ3n) is 2.57. The molecule has 2 aromatic carbocycles. The molecule has 0 spiro atoms. The molecule has 0 unspecified atom stereocenters. The Morgan fingerprint density at radius 3 is 1.94 bits per heavy atom. The van der Waals surface area contributed by atoms with Crippen molar-refractivity contribution >= 4 is 29.7 Å². The van der Waals surface area contributed by atoms with Crippen molar-refractivity contribution in [1.82, 2.24) is 0 Å². The van der Waals surface area contributed by atoms with Gasteiger partial charge in [0.2, 0.25) is 0 Å². The number of hydrogen-bond acceptors (Lipinski definition) is 1. The van der Waals surface area contributed by atoms with Crippen LogP contribution in [0.5, 0.6) is 0 Å². The average Bonchev–Trinajstić information content (AvgIpc) is 2.40. The highest BCUT2D eigenvalue weighted by Crippen LogP contribution is 2.09. The molecule has 84 valence electrons. The minimum Gasteiger partial charge on any atom is -0.0931 e. The Morgan fingerprint density at radius 2 is 1.35 bits per heavy atom. The molecule has 0 N–H and O–H groups in total. The van der Waals surface area contributed by atoms with Crippen LogP contribution in [0, 0.1) is 0 Å². The predicted octanol–water partition coefficient (Wildman–Crippen LogP) is 4.40. The van der Waals surface area contributed by atoms with E-state index in [0.717, 1.165) is 6.42 Å². The smallest absolute Gasteiger partial charge is 0.000775 e. The van der Waals surface area contributed by atoms with Gasteiger partial charge in [-0.05, 0) is 22.1 Å². The lowest BCUT2D eigenvalue weighted by Gasteiger charge is -1.97. The van der Waals surface area contributed by atoms with E-state index in [4.69, 9.17) is 12.2 Å². The van der Waals surface area contributed by atoms with E-state index in [2.05, 4.69) is 48.6 Å². The van der Waals surface area contributed by atoms with Crippen LogP contribution >= 0.6 is 12.2 Å². The van der Waals surface area contributed by atoms with Crippen molar-refractivity contribution in [1.29, 1.82) is 0 Å². The number of thiocarbonyl (C=S) groups is 1. The molecule has 0 saturated heterocycles. The zero-order valence-corrected chi connectivity index (χ0v) is 10.4. The molecule has 0 nitrogen and oxygen atoms in total. The first-order valence-electron chi connectivity index (χ1n) is 5.64. The maximum atomic E-state index is 4.84. The largest absolute Gasteiger partial charge is 0.0931 e. The number of benzene rings is 2. The van der Waals surface area contributed by atoms with E-state index >= 15 is 0 Å². The predicted molar refractivity (Wildman–Crippen MR) is 79.2 cm³/mol. The van der Waals surface area contributed by atoms with Gasteiger partial charge in [-0.1, -0.05) is 79.0 Å². The fraction of sp³-hybridized carbons (Fsp3) is 0.0625. The van der Waals surface area contributed by atoms with Crippen LogP contribution in [0.25, 0.3) is 12.2 Å². The van der Waals surface area contributed by atoms with Crippen LogP contribution < -0.4 is 0 Å². The molecule has 0 bridgehead atoms. The molecule has 1 heteroatoms. The fourth-order valence-electron chi connectivity index (χ4n) is 1.62. The second-order valence-corrected chi connectivity index (χ2v) is 4.19. The van der Waals surface area contributed by atoms with Crippen molar-refractivity contribution in [2.45, 2.75) is 6.42 Å². The summed E-state index contributed by atoms with van der Waals surface area (Å²) >= 11 is 4.84. The molecule has 0 heterocycles. The lowest BCUT2D eigenvalue weighted by Crippen LogP contribution is -1.83. The standard InChI is InChI=1S/C16H14S/c17-13-12-16-10-8-15(9-11-16)7-6-14-4-2-1-3-5-14/h1-11,13H,12H2/b7-6+. The van der Waals surface area contributed by atoms with Crippen LogP contribution in [0.15, 0.2) is 54.6 Å². The number of hydrogen-bond donors (Lipinski definition) is 0. The Balaban J connectivity index is 2.08. The summed E-state index contributed by atoms with van der Waals surface area (Å²) in [7, 11) is 0. The normalized spacial score (nSPS) is 10.6. The lowest BCUT2D eigenvalue weighted by molar-refractivity contribution is 1.38. The maximum Gasteiger partial charge on any atom is 0.000775 e. The molecule has 0 saturated carbocycles. The molecule has 0 aromatic heterocycles. The highest BCUT2D eigenvalue weighted by Gasteiger charge is 1.90. The molecular weight excluding hydrogens is 224 g/mol. The number of rotatable bonds is 4. The fourth-order valence-corrected chi connectivity index (χ4v) is 1.81. The zero-order chi connectivity index (χ0) is 11.9. The van der Waals surface area contributed by atoms with Gasteiger partial charge in [-0.25, -0.2) is 0 Å². The van der Waals surface area contributed by atoms with E-state index in [-0.39, 0.29) is 0 Å². The Labute approximate surface area is 108 Å². The molecule has 0 atom stereocenters. The Bertz CT molecular complexity index is 495. The van der Waals surface area contributed by atoms with Gasteiger partial charge in [0, 0.05) is 6.42 Å². The summed E-state index contributed by atoms with van der Waals surface area (Å²) in [4.78, 5) is 0. The summed E-state index contributed by atoms with van der Waals surface area (Å²) in [6.45, 7) is 0. The minimum absolute atomic E-state index is 0.859. The Morgan fingerprint density at radius 1 is 0.765 bits per heavy atom. The summed E-state index contributed by atoms with van der Waals surface area (Å²) in [6.07, 6.45) is 5.10. The highest BCUT2D eigenvalue weighted by atomic mass is 32.1. The molecular formula is C16H14S. The molecule has 0 aliphatic heterocycles. The second-order valence-electron chi connectivity index (χ2n) is 3.86. The van der Waals surface area contributed by atoms with Gasteiger partial charge in [-0.15, -0.1) is 0 Å². The van der Waals surface area contributed by atoms with Crippen LogP contribution in [0.3, 0.4) is 0 Å². The van der Waals surface area contributed by atoms with Gasteiger partial charge in [0.15, 0.2) is 0 Å². The maximum absolute atomic E-state index is 4.84. The van der Waals surface area contributed by atoms with E-state index in [9.17, 15) is 0 Å². The van der Waals surface area contributed by atoms with Crippen LogP contribution in [-0.4, -0.2) is 5.37 Å². The monoisotopic (exact) mass is 238 g/mol. The first kappa shape index (κ1) is 11.7. The van der Waals surface area contributed by atoms with E-state index in [1.165, 1.54) is 16.7 Å². The summed E-state index contributed by atoms with van der Waals surface area (Å²) in [5.74, 6) is 0. The molecule has 0 radical (unpaired) electrons. The van der Waals surface area contributed by atoms with Gasteiger partial charge in [0.25, 0.3) is 0 Å². The quantitative estimate of drug-likeness (QED) is 0.562. The molecule has 0 aliphatic carbocycles. The van der Waals surface area contributed by atoms with Crippen molar-refractivity contribution in [3.8, 4) is 0 Å². The zero-order valence-electron chi connectivity index (χ0n) is 9.54. The molecule has 0 amide bonds. The molecule has 0 aliphatic rings.